The van der Waals surface area contributed by atoms with E-state index in [1.807, 2.05) is 26.0 Å². The normalized spacial score (nSPS) is 13.6. The van der Waals surface area contributed by atoms with Crippen molar-refractivity contribution in [2.75, 3.05) is 7.11 Å². The lowest BCUT2D eigenvalue weighted by Crippen LogP contribution is -2.15. The number of hydrogen-bond acceptors (Lipinski definition) is 4. The van der Waals surface area contributed by atoms with E-state index in [1.54, 1.807) is 25.3 Å². The van der Waals surface area contributed by atoms with Crippen LogP contribution in [0.2, 0.25) is 0 Å². The summed E-state index contributed by atoms with van der Waals surface area (Å²) in [5.41, 5.74) is 0.776. The fraction of sp³-hybridized carbons (Fsp3) is 0.471. The third-order valence-electron chi connectivity index (χ3n) is 3.21. The Hall–Kier alpha value is -1.81. The minimum Gasteiger partial charge on any atom is -0.497 e. The number of aliphatic hydroxyl groups excluding tert-OH is 1. The minimum absolute atomic E-state index is 0.119. The first kappa shape index (κ1) is 17.2. The number of benzene rings is 1. The van der Waals surface area contributed by atoms with E-state index < -0.39 is 6.10 Å². The van der Waals surface area contributed by atoms with E-state index in [0.717, 1.165) is 11.3 Å². The summed E-state index contributed by atoms with van der Waals surface area (Å²) in [5.74, 6) is 0.290. The zero-order valence-electron chi connectivity index (χ0n) is 12.9. The molecule has 0 saturated carbocycles. The first-order valence-corrected chi connectivity index (χ1v) is 7.12. The van der Waals surface area contributed by atoms with Gasteiger partial charge in [0.15, 0.2) is 0 Å². The molecule has 0 unspecified atom stereocenters. The van der Waals surface area contributed by atoms with Crippen molar-refractivity contribution in [3.63, 3.8) is 0 Å². The molecular weight excluding hydrogens is 268 g/mol. The van der Waals surface area contributed by atoms with Crippen LogP contribution in [0.4, 0.5) is 0 Å². The molecule has 21 heavy (non-hydrogen) atoms. The van der Waals surface area contributed by atoms with E-state index >= 15 is 0 Å². The summed E-state index contributed by atoms with van der Waals surface area (Å²) in [6, 6.07) is 7.22. The van der Waals surface area contributed by atoms with E-state index in [0.29, 0.717) is 6.42 Å². The maximum atomic E-state index is 11.6. The smallest absolute Gasteiger partial charge is 0.306 e. The Morgan fingerprint density at radius 3 is 2.43 bits per heavy atom. The Kier molecular flexibility index (Phi) is 6.96. The van der Waals surface area contributed by atoms with Gasteiger partial charge in [-0.1, -0.05) is 18.2 Å². The number of esters is 1. The summed E-state index contributed by atoms with van der Waals surface area (Å²) in [7, 11) is 1.60. The van der Waals surface area contributed by atoms with Crippen molar-refractivity contribution in [2.45, 2.75) is 38.9 Å². The van der Waals surface area contributed by atoms with Crippen LogP contribution in [0.15, 0.2) is 36.9 Å². The largest absolute Gasteiger partial charge is 0.497 e. The molecule has 2 atom stereocenters. The van der Waals surface area contributed by atoms with Crippen molar-refractivity contribution in [2.24, 2.45) is 5.92 Å². The highest BCUT2D eigenvalue weighted by Gasteiger charge is 2.19. The Bertz CT molecular complexity index is 450. The van der Waals surface area contributed by atoms with Crippen molar-refractivity contribution in [1.29, 1.82) is 0 Å². The van der Waals surface area contributed by atoms with E-state index in [4.69, 9.17) is 9.47 Å². The van der Waals surface area contributed by atoms with Crippen LogP contribution in [0.3, 0.4) is 0 Å². The maximum Gasteiger partial charge on any atom is 0.306 e. The predicted octanol–water partition coefficient (Wildman–Crippen LogP) is 3.26. The number of aliphatic hydroxyl groups is 1. The minimum atomic E-state index is -0.694. The van der Waals surface area contributed by atoms with Gasteiger partial charge < -0.3 is 14.6 Å². The third kappa shape index (κ3) is 5.60. The second-order valence-electron chi connectivity index (χ2n) is 5.19. The molecule has 0 saturated heterocycles. The SMILES string of the molecule is C=C[C@@H](CCC(=O)OC(C)C)[C@@H](O)c1ccc(OC)cc1. The quantitative estimate of drug-likeness (QED) is 0.590. The van der Waals surface area contributed by atoms with Gasteiger partial charge in [0.2, 0.25) is 0 Å². The number of methoxy groups -OCH3 is 1. The Morgan fingerprint density at radius 2 is 1.95 bits per heavy atom. The molecule has 1 aromatic carbocycles. The highest BCUT2D eigenvalue weighted by atomic mass is 16.5. The van der Waals surface area contributed by atoms with E-state index in [-0.39, 0.29) is 24.4 Å². The zero-order chi connectivity index (χ0) is 15.8. The number of rotatable bonds is 8. The standard InChI is InChI=1S/C17H24O4/c1-5-13(8-11-16(18)21-12(2)3)17(19)14-6-9-15(20-4)10-7-14/h5-7,9-10,12-13,17,19H,1,8,11H2,2-4H3/t13-,17+/m0/s1. The highest BCUT2D eigenvalue weighted by molar-refractivity contribution is 5.69. The maximum absolute atomic E-state index is 11.6. The molecule has 0 radical (unpaired) electrons. The van der Waals surface area contributed by atoms with Gasteiger partial charge in [0.25, 0.3) is 0 Å². The second-order valence-corrected chi connectivity index (χ2v) is 5.19. The van der Waals surface area contributed by atoms with E-state index in [1.165, 1.54) is 0 Å². The Labute approximate surface area is 126 Å². The Balaban J connectivity index is 2.61. The van der Waals surface area contributed by atoms with Crippen molar-refractivity contribution >= 4 is 5.97 Å². The monoisotopic (exact) mass is 292 g/mol. The molecule has 116 valence electrons. The Morgan fingerprint density at radius 1 is 1.33 bits per heavy atom. The topological polar surface area (TPSA) is 55.8 Å². The highest BCUT2D eigenvalue weighted by Crippen LogP contribution is 2.28. The first-order chi connectivity index (χ1) is 9.97. The predicted molar refractivity (Wildman–Crippen MR) is 82.1 cm³/mol. The van der Waals surface area contributed by atoms with Gasteiger partial charge >= 0.3 is 5.97 Å². The molecule has 0 spiro atoms. The second kappa shape index (κ2) is 8.47. The van der Waals surface area contributed by atoms with Crippen molar-refractivity contribution in [1.82, 2.24) is 0 Å². The van der Waals surface area contributed by atoms with E-state index in [2.05, 4.69) is 6.58 Å². The first-order valence-electron chi connectivity index (χ1n) is 7.12. The summed E-state index contributed by atoms with van der Waals surface area (Å²) in [5, 5.41) is 10.4. The summed E-state index contributed by atoms with van der Waals surface area (Å²) in [6.45, 7) is 7.37. The number of ether oxygens (including phenoxy) is 2. The van der Waals surface area contributed by atoms with Gasteiger partial charge in [-0.3, -0.25) is 4.79 Å². The molecule has 0 bridgehead atoms. The van der Waals surface area contributed by atoms with Gasteiger partial charge in [-0.15, -0.1) is 6.58 Å². The van der Waals surface area contributed by atoms with Crippen LogP contribution in [-0.4, -0.2) is 24.3 Å². The van der Waals surface area contributed by atoms with Crippen LogP contribution >= 0.6 is 0 Å². The van der Waals surface area contributed by atoms with Gasteiger partial charge in [-0.25, -0.2) is 0 Å². The molecule has 0 aliphatic rings. The average Bonchev–Trinajstić information content (AvgIpc) is 2.47. The molecule has 0 aliphatic heterocycles. The number of hydrogen-bond donors (Lipinski definition) is 1. The van der Waals surface area contributed by atoms with Gasteiger partial charge in [0, 0.05) is 12.3 Å². The van der Waals surface area contributed by atoms with Gasteiger partial charge in [-0.05, 0) is 38.0 Å². The number of carbonyl (C=O) groups is 1. The van der Waals surface area contributed by atoms with Crippen LogP contribution < -0.4 is 4.74 Å². The molecule has 4 heteroatoms. The van der Waals surface area contributed by atoms with Gasteiger partial charge in [0.05, 0.1) is 19.3 Å². The molecule has 1 rings (SSSR count). The molecule has 0 aromatic heterocycles. The lowest BCUT2D eigenvalue weighted by Gasteiger charge is -2.20. The molecule has 0 fully saturated rings. The van der Waals surface area contributed by atoms with Crippen LogP contribution in [0.1, 0.15) is 38.4 Å². The molecule has 1 N–H and O–H groups in total. The average molecular weight is 292 g/mol. The fourth-order valence-electron chi connectivity index (χ4n) is 2.06. The van der Waals surface area contributed by atoms with Gasteiger partial charge in [0.1, 0.15) is 5.75 Å². The number of carbonyl (C=O) groups excluding carboxylic acids is 1. The summed E-state index contributed by atoms with van der Waals surface area (Å²) >= 11 is 0. The van der Waals surface area contributed by atoms with Crippen LogP contribution in [0, 0.1) is 5.92 Å². The fourth-order valence-corrected chi connectivity index (χ4v) is 2.06. The molecule has 0 amide bonds. The lowest BCUT2D eigenvalue weighted by molar-refractivity contribution is -0.147. The van der Waals surface area contributed by atoms with E-state index in [9.17, 15) is 9.90 Å². The summed E-state index contributed by atoms with van der Waals surface area (Å²) in [4.78, 5) is 11.6. The van der Waals surface area contributed by atoms with Crippen LogP contribution in [0.5, 0.6) is 5.75 Å². The molecule has 1 aromatic rings. The van der Waals surface area contributed by atoms with Crippen molar-refractivity contribution in [3.05, 3.63) is 42.5 Å². The van der Waals surface area contributed by atoms with Crippen molar-refractivity contribution < 1.29 is 19.4 Å². The summed E-state index contributed by atoms with van der Waals surface area (Å²) < 4.78 is 10.2. The van der Waals surface area contributed by atoms with Gasteiger partial charge in [-0.2, -0.15) is 0 Å². The molecule has 0 heterocycles. The summed E-state index contributed by atoms with van der Waals surface area (Å²) in [6.07, 6.45) is 1.63. The molecule has 0 aliphatic carbocycles. The van der Waals surface area contributed by atoms with Crippen molar-refractivity contribution in [3.8, 4) is 5.75 Å². The lowest BCUT2D eigenvalue weighted by atomic mass is 9.91. The van der Waals surface area contributed by atoms with Crippen LogP contribution in [-0.2, 0) is 9.53 Å². The molecular formula is C17H24O4. The third-order valence-corrected chi connectivity index (χ3v) is 3.21. The molecule has 4 nitrogen and oxygen atoms in total. The van der Waals surface area contributed by atoms with Crippen LogP contribution in [0.25, 0.3) is 0 Å². The zero-order valence-corrected chi connectivity index (χ0v) is 12.9.